The van der Waals surface area contributed by atoms with E-state index in [1.807, 2.05) is 47.0 Å². The van der Waals surface area contributed by atoms with E-state index in [4.69, 9.17) is 11.6 Å². The SMILES string of the molecule is O=C(CSc1nnc(-c2ccccc2)n1-c1ccc(Cl)cc1)N[C@H]1CCS(=O)(=O)C1. The van der Waals surface area contributed by atoms with Crippen LogP contribution in [0.3, 0.4) is 0 Å². The van der Waals surface area contributed by atoms with Crippen molar-refractivity contribution in [2.24, 2.45) is 0 Å². The molecule has 2 aromatic carbocycles. The Labute approximate surface area is 183 Å². The molecule has 0 radical (unpaired) electrons. The molecule has 156 valence electrons. The fourth-order valence-electron chi connectivity index (χ4n) is 3.27. The zero-order valence-corrected chi connectivity index (χ0v) is 18.3. The fourth-order valence-corrected chi connectivity index (χ4v) is 5.83. The van der Waals surface area contributed by atoms with Gasteiger partial charge in [-0.15, -0.1) is 10.2 Å². The number of hydrogen-bond acceptors (Lipinski definition) is 6. The molecule has 0 bridgehead atoms. The number of sulfone groups is 1. The number of carbonyl (C=O) groups is 1. The minimum Gasteiger partial charge on any atom is -0.352 e. The van der Waals surface area contributed by atoms with Gasteiger partial charge in [0.05, 0.1) is 17.3 Å². The molecule has 1 fully saturated rings. The molecular formula is C20H19ClN4O3S2. The van der Waals surface area contributed by atoms with Crippen molar-refractivity contribution in [3.8, 4) is 17.1 Å². The molecule has 1 saturated heterocycles. The standard InChI is InChI=1S/C20H19ClN4O3S2/c21-15-6-8-17(9-7-15)25-19(14-4-2-1-3-5-14)23-24-20(25)29-12-18(26)22-16-10-11-30(27,28)13-16/h1-9,16H,10-13H2,(H,22,26)/t16-/m0/s1. The monoisotopic (exact) mass is 462 g/mol. The molecule has 4 rings (SSSR count). The van der Waals surface area contributed by atoms with Crippen LogP contribution in [0.1, 0.15) is 6.42 Å². The average Bonchev–Trinajstić information content (AvgIpc) is 3.30. The van der Waals surface area contributed by atoms with Crippen LogP contribution in [0.25, 0.3) is 17.1 Å². The molecule has 0 spiro atoms. The molecule has 1 amide bonds. The first-order valence-electron chi connectivity index (χ1n) is 9.31. The highest BCUT2D eigenvalue weighted by atomic mass is 35.5. The Morgan fingerprint density at radius 2 is 1.87 bits per heavy atom. The Balaban J connectivity index is 1.55. The van der Waals surface area contributed by atoms with Crippen LogP contribution in [-0.4, -0.2) is 52.4 Å². The van der Waals surface area contributed by atoms with Crippen LogP contribution in [0.2, 0.25) is 5.02 Å². The smallest absolute Gasteiger partial charge is 0.230 e. The van der Waals surface area contributed by atoms with Gasteiger partial charge in [-0.05, 0) is 30.7 Å². The molecule has 2 heterocycles. The van der Waals surface area contributed by atoms with Crippen molar-refractivity contribution in [1.82, 2.24) is 20.1 Å². The third-order valence-electron chi connectivity index (χ3n) is 4.68. The maximum absolute atomic E-state index is 12.4. The lowest BCUT2D eigenvalue weighted by atomic mass is 10.2. The first-order valence-corrected chi connectivity index (χ1v) is 12.5. The van der Waals surface area contributed by atoms with E-state index in [9.17, 15) is 13.2 Å². The summed E-state index contributed by atoms with van der Waals surface area (Å²) in [6.45, 7) is 0. The van der Waals surface area contributed by atoms with Crippen molar-refractivity contribution in [2.45, 2.75) is 17.6 Å². The summed E-state index contributed by atoms with van der Waals surface area (Å²) in [4.78, 5) is 12.4. The predicted molar refractivity (Wildman–Crippen MR) is 118 cm³/mol. The molecule has 3 aromatic rings. The number of aromatic nitrogens is 3. The van der Waals surface area contributed by atoms with Gasteiger partial charge in [0.1, 0.15) is 0 Å². The first-order chi connectivity index (χ1) is 14.4. The summed E-state index contributed by atoms with van der Waals surface area (Å²) in [7, 11) is -3.04. The highest BCUT2D eigenvalue weighted by Crippen LogP contribution is 2.28. The van der Waals surface area contributed by atoms with E-state index in [-0.39, 0.29) is 29.2 Å². The van der Waals surface area contributed by atoms with Gasteiger partial charge in [0.2, 0.25) is 5.91 Å². The third kappa shape index (κ3) is 4.85. The number of amides is 1. The largest absolute Gasteiger partial charge is 0.352 e. The lowest BCUT2D eigenvalue weighted by molar-refractivity contribution is -0.119. The number of carbonyl (C=O) groups excluding carboxylic acids is 1. The van der Waals surface area contributed by atoms with E-state index in [0.717, 1.165) is 11.3 Å². The van der Waals surface area contributed by atoms with Gasteiger partial charge in [0, 0.05) is 22.3 Å². The van der Waals surface area contributed by atoms with Crippen molar-refractivity contribution in [3.05, 3.63) is 59.6 Å². The van der Waals surface area contributed by atoms with Gasteiger partial charge in [0.25, 0.3) is 0 Å². The summed E-state index contributed by atoms with van der Waals surface area (Å²) in [5, 5.41) is 12.6. The fraction of sp³-hybridized carbons (Fsp3) is 0.250. The summed E-state index contributed by atoms with van der Waals surface area (Å²) in [6, 6.07) is 16.6. The maximum Gasteiger partial charge on any atom is 0.230 e. The van der Waals surface area contributed by atoms with Gasteiger partial charge in [0.15, 0.2) is 20.8 Å². The Hall–Kier alpha value is -2.36. The zero-order valence-electron chi connectivity index (χ0n) is 15.9. The Kier molecular flexibility index (Phi) is 6.12. The molecule has 0 saturated carbocycles. The third-order valence-corrected chi connectivity index (χ3v) is 7.63. The zero-order chi connectivity index (χ0) is 21.1. The normalized spacial score (nSPS) is 17.7. The van der Waals surface area contributed by atoms with Crippen molar-refractivity contribution in [1.29, 1.82) is 0 Å². The Bertz CT molecular complexity index is 1150. The number of benzene rings is 2. The van der Waals surface area contributed by atoms with Gasteiger partial charge in [-0.2, -0.15) is 0 Å². The van der Waals surface area contributed by atoms with Crippen LogP contribution in [-0.2, 0) is 14.6 Å². The lowest BCUT2D eigenvalue weighted by Gasteiger charge is -2.12. The van der Waals surface area contributed by atoms with E-state index in [0.29, 0.717) is 22.4 Å². The molecule has 1 aliphatic heterocycles. The Morgan fingerprint density at radius 1 is 1.13 bits per heavy atom. The summed E-state index contributed by atoms with van der Waals surface area (Å²) >= 11 is 7.28. The van der Waals surface area contributed by atoms with Gasteiger partial charge < -0.3 is 5.32 Å². The van der Waals surface area contributed by atoms with Crippen LogP contribution < -0.4 is 5.32 Å². The van der Waals surface area contributed by atoms with E-state index < -0.39 is 9.84 Å². The topological polar surface area (TPSA) is 93.9 Å². The summed E-state index contributed by atoms with van der Waals surface area (Å²) in [5.74, 6) is 0.660. The highest BCUT2D eigenvalue weighted by Gasteiger charge is 2.29. The molecule has 1 atom stereocenters. The quantitative estimate of drug-likeness (QED) is 0.566. The summed E-state index contributed by atoms with van der Waals surface area (Å²) < 4.78 is 25.0. The van der Waals surface area contributed by atoms with Gasteiger partial charge in [-0.3, -0.25) is 9.36 Å². The predicted octanol–water partition coefficient (Wildman–Crippen LogP) is 2.98. The minimum absolute atomic E-state index is 0.00250. The van der Waals surface area contributed by atoms with E-state index in [1.165, 1.54) is 11.8 Å². The number of hydrogen-bond donors (Lipinski definition) is 1. The maximum atomic E-state index is 12.4. The first kappa shape index (κ1) is 20.9. The van der Waals surface area contributed by atoms with Crippen molar-refractivity contribution in [2.75, 3.05) is 17.3 Å². The van der Waals surface area contributed by atoms with Crippen LogP contribution in [0.15, 0.2) is 59.8 Å². The second-order valence-corrected chi connectivity index (χ2v) is 10.5. The molecule has 1 aromatic heterocycles. The number of halogens is 1. The highest BCUT2D eigenvalue weighted by molar-refractivity contribution is 7.99. The van der Waals surface area contributed by atoms with E-state index in [1.54, 1.807) is 12.1 Å². The Morgan fingerprint density at radius 3 is 2.53 bits per heavy atom. The van der Waals surface area contributed by atoms with Gasteiger partial charge >= 0.3 is 0 Å². The molecule has 0 unspecified atom stereocenters. The number of nitrogens with zero attached hydrogens (tertiary/aromatic N) is 3. The minimum atomic E-state index is -3.04. The number of rotatable bonds is 6. The second kappa shape index (κ2) is 8.79. The second-order valence-electron chi connectivity index (χ2n) is 6.94. The summed E-state index contributed by atoms with van der Waals surface area (Å²) in [5.41, 5.74) is 1.72. The van der Waals surface area contributed by atoms with Crippen LogP contribution >= 0.6 is 23.4 Å². The molecule has 10 heteroatoms. The van der Waals surface area contributed by atoms with Crippen molar-refractivity contribution in [3.63, 3.8) is 0 Å². The van der Waals surface area contributed by atoms with Gasteiger partial charge in [-0.1, -0.05) is 53.7 Å². The van der Waals surface area contributed by atoms with E-state index in [2.05, 4.69) is 15.5 Å². The van der Waals surface area contributed by atoms with Crippen LogP contribution in [0.5, 0.6) is 0 Å². The van der Waals surface area contributed by atoms with Crippen LogP contribution in [0, 0.1) is 0 Å². The van der Waals surface area contributed by atoms with Crippen LogP contribution in [0.4, 0.5) is 0 Å². The molecular weight excluding hydrogens is 444 g/mol. The van der Waals surface area contributed by atoms with Crippen molar-refractivity contribution >= 4 is 39.1 Å². The number of nitrogens with one attached hydrogen (secondary N) is 1. The molecule has 7 nitrogen and oxygen atoms in total. The summed E-state index contributed by atoms with van der Waals surface area (Å²) in [6.07, 6.45) is 0.456. The lowest BCUT2D eigenvalue weighted by Crippen LogP contribution is -2.36. The van der Waals surface area contributed by atoms with Crippen molar-refractivity contribution < 1.29 is 13.2 Å². The molecule has 1 N–H and O–H groups in total. The molecule has 30 heavy (non-hydrogen) atoms. The number of thioether (sulfide) groups is 1. The molecule has 1 aliphatic rings. The van der Waals surface area contributed by atoms with E-state index >= 15 is 0 Å². The average molecular weight is 463 g/mol. The molecule has 0 aliphatic carbocycles. The van der Waals surface area contributed by atoms with Gasteiger partial charge in [-0.25, -0.2) is 8.42 Å².